The number of amides is 2. The molecule has 0 bridgehead atoms. The van der Waals surface area contributed by atoms with Gasteiger partial charge >= 0.3 is 5.97 Å². The Bertz CT molecular complexity index is 492. The Morgan fingerprint density at radius 3 is 2.26 bits per heavy atom. The summed E-state index contributed by atoms with van der Waals surface area (Å²) in [7, 11) is 0. The molecule has 2 amide bonds. The molecule has 0 saturated heterocycles. The lowest BCUT2D eigenvalue weighted by atomic mass is 10.1. The van der Waals surface area contributed by atoms with Crippen LogP contribution in [0.1, 0.15) is 27.1 Å². The minimum absolute atomic E-state index is 0.193. The maximum absolute atomic E-state index is 11.9. The number of hydrogen-bond donors (Lipinski definition) is 1. The number of ether oxygens (including phenoxy) is 1. The van der Waals surface area contributed by atoms with Crippen LogP contribution in [0.3, 0.4) is 0 Å². The van der Waals surface area contributed by atoms with Crippen molar-refractivity contribution in [2.75, 3.05) is 19.7 Å². The van der Waals surface area contributed by atoms with Gasteiger partial charge in [-0.05, 0) is 25.1 Å². The Morgan fingerprint density at radius 1 is 1.16 bits per heavy atom. The maximum atomic E-state index is 11.9. The predicted molar refractivity (Wildman–Crippen MR) is 66.4 cm³/mol. The van der Waals surface area contributed by atoms with Crippen molar-refractivity contribution < 1.29 is 19.1 Å². The van der Waals surface area contributed by atoms with Crippen LogP contribution >= 0.6 is 0 Å². The number of carbonyl (C=O) groups excluding carboxylic acids is 3. The Hall–Kier alpha value is -2.21. The SMILES string of the molecule is NCCCOC(=O)CN1C(=O)c2ccccc2C1=O. The summed E-state index contributed by atoms with van der Waals surface area (Å²) in [6, 6.07) is 6.48. The minimum atomic E-state index is -0.608. The quantitative estimate of drug-likeness (QED) is 0.464. The average molecular weight is 262 g/mol. The minimum Gasteiger partial charge on any atom is -0.464 e. The van der Waals surface area contributed by atoms with E-state index in [-0.39, 0.29) is 13.2 Å². The number of benzene rings is 1. The van der Waals surface area contributed by atoms with Crippen molar-refractivity contribution in [3.63, 3.8) is 0 Å². The predicted octanol–water partition coefficient (Wildman–Crippen LogP) is 0.175. The van der Waals surface area contributed by atoms with Gasteiger partial charge < -0.3 is 10.5 Å². The van der Waals surface area contributed by atoms with E-state index < -0.39 is 17.8 Å². The molecule has 1 aromatic carbocycles. The molecule has 6 heteroatoms. The van der Waals surface area contributed by atoms with Crippen LogP contribution in [0.5, 0.6) is 0 Å². The Morgan fingerprint density at radius 2 is 1.74 bits per heavy atom. The summed E-state index contributed by atoms with van der Waals surface area (Å²) >= 11 is 0. The fraction of sp³-hybridized carbons (Fsp3) is 0.308. The first kappa shape index (κ1) is 13.2. The van der Waals surface area contributed by atoms with Crippen molar-refractivity contribution in [2.24, 2.45) is 5.73 Å². The highest BCUT2D eigenvalue weighted by molar-refractivity contribution is 6.22. The third-order valence-electron chi connectivity index (χ3n) is 2.78. The molecule has 0 aliphatic carbocycles. The van der Waals surface area contributed by atoms with Gasteiger partial charge in [0.25, 0.3) is 11.8 Å². The van der Waals surface area contributed by atoms with Crippen LogP contribution in [0.25, 0.3) is 0 Å². The van der Waals surface area contributed by atoms with E-state index in [2.05, 4.69) is 0 Å². The van der Waals surface area contributed by atoms with Gasteiger partial charge in [0, 0.05) is 0 Å². The summed E-state index contributed by atoms with van der Waals surface area (Å²) in [5.41, 5.74) is 5.91. The maximum Gasteiger partial charge on any atom is 0.326 e. The molecule has 0 atom stereocenters. The number of hydrogen-bond acceptors (Lipinski definition) is 5. The molecular weight excluding hydrogens is 248 g/mol. The standard InChI is InChI=1S/C13H14N2O4/c14-6-3-7-19-11(16)8-15-12(17)9-4-1-2-5-10(9)13(15)18/h1-2,4-5H,3,6-8,14H2. The second kappa shape index (κ2) is 5.62. The highest BCUT2D eigenvalue weighted by Crippen LogP contribution is 2.21. The first-order valence-corrected chi connectivity index (χ1v) is 5.96. The van der Waals surface area contributed by atoms with Crippen molar-refractivity contribution in [2.45, 2.75) is 6.42 Å². The lowest BCUT2D eigenvalue weighted by molar-refractivity contribution is -0.143. The van der Waals surface area contributed by atoms with E-state index in [1.54, 1.807) is 24.3 Å². The summed E-state index contributed by atoms with van der Waals surface area (Å²) in [6.07, 6.45) is 0.549. The van der Waals surface area contributed by atoms with Crippen LogP contribution < -0.4 is 5.73 Å². The molecule has 0 aromatic heterocycles. The van der Waals surface area contributed by atoms with Crippen LogP contribution in [-0.2, 0) is 9.53 Å². The number of nitrogens with two attached hydrogens (primary N) is 1. The Kier molecular flexibility index (Phi) is 3.91. The molecule has 0 spiro atoms. The van der Waals surface area contributed by atoms with Gasteiger partial charge in [0.2, 0.25) is 0 Å². The van der Waals surface area contributed by atoms with Crippen LogP contribution in [0.2, 0.25) is 0 Å². The summed E-state index contributed by atoms with van der Waals surface area (Å²) in [5, 5.41) is 0. The fourth-order valence-corrected chi connectivity index (χ4v) is 1.83. The van der Waals surface area contributed by atoms with Gasteiger partial charge in [-0.25, -0.2) is 0 Å². The van der Waals surface area contributed by atoms with Gasteiger partial charge in [0.05, 0.1) is 17.7 Å². The smallest absolute Gasteiger partial charge is 0.326 e. The van der Waals surface area contributed by atoms with Gasteiger partial charge in [-0.15, -0.1) is 0 Å². The molecular formula is C13H14N2O4. The van der Waals surface area contributed by atoms with Crippen LogP contribution in [0.4, 0.5) is 0 Å². The van der Waals surface area contributed by atoms with Crippen LogP contribution in [-0.4, -0.2) is 42.4 Å². The lowest BCUT2D eigenvalue weighted by Gasteiger charge is -2.12. The zero-order valence-corrected chi connectivity index (χ0v) is 10.3. The summed E-state index contributed by atoms with van der Waals surface area (Å²) in [5.74, 6) is -1.53. The largest absolute Gasteiger partial charge is 0.464 e. The second-order valence-electron chi connectivity index (χ2n) is 4.10. The molecule has 1 aliphatic rings. The topological polar surface area (TPSA) is 89.7 Å². The second-order valence-corrected chi connectivity index (χ2v) is 4.10. The van der Waals surface area contributed by atoms with Gasteiger partial charge in [-0.2, -0.15) is 0 Å². The fourth-order valence-electron chi connectivity index (χ4n) is 1.83. The molecule has 2 N–H and O–H groups in total. The van der Waals surface area contributed by atoms with Crippen molar-refractivity contribution in [1.82, 2.24) is 4.90 Å². The Balaban J connectivity index is 2.02. The molecule has 0 unspecified atom stereocenters. The molecule has 2 rings (SSSR count). The third-order valence-corrected chi connectivity index (χ3v) is 2.78. The van der Waals surface area contributed by atoms with Crippen LogP contribution in [0, 0.1) is 0 Å². The first-order chi connectivity index (χ1) is 9.15. The Labute approximate surface area is 110 Å². The monoisotopic (exact) mass is 262 g/mol. The number of imide groups is 1. The van der Waals surface area contributed by atoms with E-state index >= 15 is 0 Å². The van der Waals surface area contributed by atoms with Crippen molar-refractivity contribution in [3.8, 4) is 0 Å². The molecule has 100 valence electrons. The van der Waals surface area contributed by atoms with E-state index in [0.717, 1.165) is 4.90 Å². The van der Waals surface area contributed by atoms with E-state index in [0.29, 0.717) is 24.1 Å². The van der Waals surface area contributed by atoms with Gasteiger partial charge in [0.1, 0.15) is 6.54 Å². The molecule has 1 aliphatic heterocycles. The van der Waals surface area contributed by atoms with Gasteiger partial charge in [-0.3, -0.25) is 19.3 Å². The van der Waals surface area contributed by atoms with Crippen LogP contribution in [0.15, 0.2) is 24.3 Å². The average Bonchev–Trinajstić information content (AvgIpc) is 2.65. The molecule has 6 nitrogen and oxygen atoms in total. The lowest BCUT2D eigenvalue weighted by Crippen LogP contribution is -2.35. The summed E-state index contributed by atoms with van der Waals surface area (Å²) in [6.45, 7) is 0.246. The van der Waals surface area contributed by atoms with E-state index in [4.69, 9.17) is 10.5 Å². The van der Waals surface area contributed by atoms with E-state index in [9.17, 15) is 14.4 Å². The highest BCUT2D eigenvalue weighted by atomic mass is 16.5. The molecule has 0 fully saturated rings. The normalized spacial score (nSPS) is 13.6. The zero-order valence-electron chi connectivity index (χ0n) is 10.3. The van der Waals surface area contributed by atoms with E-state index in [1.807, 2.05) is 0 Å². The summed E-state index contributed by atoms with van der Waals surface area (Å²) < 4.78 is 4.87. The molecule has 1 heterocycles. The first-order valence-electron chi connectivity index (χ1n) is 5.96. The number of fused-ring (bicyclic) bond motifs is 1. The molecule has 1 aromatic rings. The number of rotatable bonds is 5. The number of carbonyl (C=O) groups is 3. The number of nitrogens with zero attached hydrogens (tertiary/aromatic N) is 1. The third kappa shape index (κ3) is 2.63. The molecule has 19 heavy (non-hydrogen) atoms. The molecule has 0 saturated carbocycles. The van der Waals surface area contributed by atoms with Crippen molar-refractivity contribution >= 4 is 17.8 Å². The van der Waals surface area contributed by atoms with Gasteiger partial charge in [0.15, 0.2) is 0 Å². The zero-order chi connectivity index (χ0) is 13.8. The summed E-state index contributed by atoms with van der Waals surface area (Å²) in [4.78, 5) is 36.3. The number of esters is 1. The van der Waals surface area contributed by atoms with Gasteiger partial charge in [-0.1, -0.05) is 12.1 Å². The van der Waals surface area contributed by atoms with E-state index in [1.165, 1.54) is 0 Å². The highest BCUT2D eigenvalue weighted by Gasteiger charge is 2.36. The van der Waals surface area contributed by atoms with Crippen molar-refractivity contribution in [1.29, 1.82) is 0 Å². The van der Waals surface area contributed by atoms with Crippen molar-refractivity contribution in [3.05, 3.63) is 35.4 Å². The molecule has 0 radical (unpaired) electrons.